The summed E-state index contributed by atoms with van der Waals surface area (Å²) in [7, 11) is 0. The lowest BCUT2D eigenvalue weighted by Gasteiger charge is -2.06. The average Bonchev–Trinajstić information content (AvgIpc) is 2.36. The standard InChI is InChI=1S/C15H16O2/c16-14-9-4-10-15(12-14)17-11-5-8-13-6-2-1-3-7-13/h1-4,6-7,9-10,12,16H,5,8,11H2. The molecule has 2 heteroatoms. The zero-order chi connectivity index (χ0) is 11.9. The van der Waals surface area contributed by atoms with E-state index in [-0.39, 0.29) is 5.75 Å². The van der Waals surface area contributed by atoms with Crippen molar-refractivity contribution in [2.45, 2.75) is 12.8 Å². The van der Waals surface area contributed by atoms with Crippen LogP contribution < -0.4 is 4.74 Å². The summed E-state index contributed by atoms with van der Waals surface area (Å²) in [5.41, 5.74) is 1.33. The molecule has 88 valence electrons. The molecule has 2 rings (SSSR count). The summed E-state index contributed by atoms with van der Waals surface area (Å²) in [6, 6.07) is 17.2. The Hall–Kier alpha value is -1.96. The number of phenolic OH excluding ortho intramolecular Hbond substituents is 1. The van der Waals surface area contributed by atoms with E-state index in [9.17, 15) is 5.11 Å². The Bertz CT molecular complexity index is 451. The van der Waals surface area contributed by atoms with E-state index in [2.05, 4.69) is 12.1 Å². The van der Waals surface area contributed by atoms with Gasteiger partial charge in [-0.15, -0.1) is 0 Å². The van der Waals surface area contributed by atoms with E-state index in [1.165, 1.54) is 5.56 Å². The topological polar surface area (TPSA) is 29.5 Å². The minimum absolute atomic E-state index is 0.241. The lowest BCUT2D eigenvalue weighted by atomic mass is 10.1. The van der Waals surface area contributed by atoms with E-state index >= 15 is 0 Å². The highest BCUT2D eigenvalue weighted by molar-refractivity contribution is 5.31. The summed E-state index contributed by atoms with van der Waals surface area (Å²) in [6.45, 7) is 0.665. The lowest BCUT2D eigenvalue weighted by Crippen LogP contribution is -1.99. The van der Waals surface area contributed by atoms with Crippen LogP contribution in [0.4, 0.5) is 0 Å². The highest BCUT2D eigenvalue weighted by Gasteiger charge is 1.96. The van der Waals surface area contributed by atoms with Gasteiger partial charge in [-0.05, 0) is 30.5 Å². The van der Waals surface area contributed by atoms with Gasteiger partial charge in [0.15, 0.2) is 0 Å². The van der Waals surface area contributed by atoms with Crippen molar-refractivity contribution in [3.05, 3.63) is 60.2 Å². The SMILES string of the molecule is Oc1cccc(OCCCc2ccccc2)c1. The lowest BCUT2D eigenvalue weighted by molar-refractivity contribution is 0.309. The van der Waals surface area contributed by atoms with Crippen LogP contribution in [-0.2, 0) is 6.42 Å². The maximum absolute atomic E-state index is 9.27. The monoisotopic (exact) mass is 228 g/mol. The molecule has 0 radical (unpaired) electrons. The Labute approximate surface area is 101 Å². The molecule has 0 amide bonds. The zero-order valence-electron chi connectivity index (χ0n) is 9.67. The van der Waals surface area contributed by atoms with Crippen molar-refractivity contribution >= 4 is 0 Å². The minimum Gasteiger partial charge on any atom is -0.508 e. The van der Waals surface area contributed by atoms with Crippen LogP contribution in [0.2, 0.25) is 0 Å². The number of ether oxygens (including phenoxy) is 1. The van der Waals surface area contributed by atoms with Crippen molar-refractivity contribution in [3.63, 3.8) is 0 Å². The first-order chi connectivity index (χ1) is 8.34. The predicted molar refractivity (Wildman–Crippen MR) is 68.4 cm³/mol. The molecule has 0 aromatic heterocycles. The number of rotatable bonds is 5. The normalized spacial score (nSPS) is 10.1. The summed E-state index contributed by atoms with van der Waals surface area (Å²) in [5.74, 6) is 0.962. The molecule has 0 saturated carbocycles. The van der Waals surface area contributed by atoms with Gasteiger partial charge in [-0.3, -0.25) is 0 Å². The fourth-order valence-corrected chi connectivity index (χ4v) is 1.68. The van der Waals surface area contributed by atoms with E-state index in [1.54, 1.807) is 18.2 Å². The van der Waals surface area contributed by atoms with Crippen LogP contribution in [0.25, 0.3) is 0 Å². The largest absolute Gasteiger partial charge is 0.508 e. The van der Waals surface area contributed by atoms with Crippen molar-refractivity contribution in [1.29, 1.82) is 0 Å². The molecule has 1 N–H and O–H groups in total. The van der Waals surface area contributed by atoms with Gasteiger partial charge in [0, 0.05) is 6.07 Å². The molecule has 17 heavy (non-hydrogen) atoms. The first-order valence-electron chi connectivity index (χ1n) is 5.80. The van der Waals surface area contributed by atoms with E-state index in [1.807, 2.05) is 24.3 Å². The Morgan fingerprint density at radius 1 is 0.941 bits per heavy atom. The summed E-state index contributed by atoms with van der Waals surface area (Å²) >= 11 is 0. The van der Waals surface area contributed by atoms with Gasteiger partial charge in [0.2, 0.25) is 0 Å². The number of hydrogen-bond donors (Lipinski definition) is 1. The van der Waals surface area contributed by atoms with Crippen LogP contribution in [0.15, 0.2) is 54.6 Å². The predicted octanol–water partition coefficient (Wildman–Crippen LogP) is 3.40. The first kappa shape index (κ1) is 11.5. The average molecular weight is 228 g/mol. The number of hydrogen-bond acceptors (Lipinski definition) is 2. The van der Waals surface area contributed by atoms with E-state index in [0.717, 1.165) is 18.6 Å². The van der Waals surface area contributed by atoms with Crippen molar-refractivity contribution in [1.82, 2.24) is 0 Å². The number of phenols is 1. The molecule has 0 spiro atoms. The Kier molecular flexibility index (Phi) is 4.03. The van der Waals surface area contributed by atoms with Crippen LogP contribution >= 0.6 is 0 Å². The molecule has 0 unspecified atom stereocenters. The van der Waals surface area contributed by atoms with Crippen molar-refractivity contribution < 1.29 is 9.84 Å². The van der Waals surface area contributed by atoms with Crippen LogP contribution in [0.3, 0.4) is 0 Å². The third-order valence-corrected chi connectivity index (χ3v) is 2.54. The molecule has 0 atom stereocenters. The highest BCUT2D eigenvalue weighted by atomic mass is 16.5. The second-order valence-corrected chi connectivity index (χ2v) is 3.93. The molecule has 0 bridgehead atoms. The fourth-order valence-electron chi connectivity index (χ4n) is 1.68. The number of aromatic hydroxyl groups is 1. The molecular formula is C15H16O2. The molecular weight excluding hydrogens is 212 g/mol. The van der Waals surface area contributed by atoms with Crippen LogP contribution in [0.1, 0.15) is 12.0 Å². The van der Waals surface area contributed by atoms with Crippen LogP contribution in [0.5, 0.6) is 11.5 Å². The van der Waals surface area contributed by atoms with Gasteiger partial charge < -0.3 is 9.84 Å². The van der Waals surface area contributed by atoms with E-state index < -0.39 is 0 Å². The highest BCUT2D eigenvalue weighted by Crippen LogP contribution is 2.17. The molecule has 0 heterocycles. The van der Waals surface area contributed by atoms with Gasteiger partial charge in [0.25, 0.3) is 0 Å². The summed E-state index contributed by atoms with van der Waals surface area (Å²) in [6.07, 6.45) is 1.99. The smallest absolute Gasteiger partial charge is 0.122 e. The second kappa shape index (κ2) is 5.94. The molecule has 0 saturated heterocycles. The van der Waals surface area contributed by atoms with E-state index in [0.29, 0.717) is 6.61 Å². The summed E-state index contributed by atoms with van der Waals surface area (Å²) in [4.78, 5) is 0. The second-order valence-electron chi connectivity index (χ2n) is 3.93. The van der Waals surface area contributed by atoms with Crippen LogP contribution in [0, 0.1) is 0 Å². The molecule has 2 aromatic carbocycles. The third-order valence-electron chi connectivity index (χ3n) is 2.54. The van der Waals surface area contributed by atoms with Gasteiger partial charge in [0.1, 0.15) is 11.5 Å². The van der Waals surface area contributed by atoms with Gasteiger partial charge in [-0.2, -0.15) is 0 Å². The fraction of sp³-hybridized carbons (Fsp3) is 0.200. The summed E-state index contributed by atoms with van der Waals surface area (Å²) < 4.78 is 5.55. The first-order valence-corrected chi connectivity index (χ1v) is 5.80. The molecule has 0 fully saturated rings. The van der Waals surface area contributed by atoms with E-state index in [4.69, 9.17) is 4.74 Å². The molecule has 0 aliphatic heterocycles. The Morgan fingerprint density at radius 2 is 1.76 bits per heavy atom. The third kappa shape index (κ3) is 3.83. The van der Waals surface area contributed by atoms with Gasteiger partial charge in [-0.1, -0.05) is 36.4 Å². The molecule has 0 aliphatic carbocycles. The Morgan fingerprint density at radius 3 is 2.53 bits per heavy atom. The molecule has 0 aliphatic rings. The number of benzene rings is 2. The Balaban J connectivity index is 1.73. The quantitative estimate of drug-likeness (QED) is 0.795. The number of aryl methyl sites for hydroxylation is 1. The minimum atomic E-state index is 0.241. The van der Waals surface area contributed by atoms with Crippen molar-refractivity contribution in [3.8, 4) is 11.5 Å². The van der Waals surface area contributed by atoms with Gasteiger partial charge >= 0.3 is 0 Å². The zero-order valence-corrected chi connectivity index (χ0v) is 9.67. The maximum Gasteiger partial charge on any atom is 0.122 e. The van der Waals surface area contributed by atoms with Crippen LogP contribution in [-0.4, -0.2) is 11.7 Å². The van der Waals surface area contributed by atoms with Gasteiger partial charge in [0.05, 0.1) is 6.61 Å². The van der Waals surface area contributed by atoms with Crippen molar-refractivity contribution in [2.24, 2.45) is 0 Å². The molecule has 2 aromatic rings. The summed E-state index contributed by atoms with van der Waals surface area (Å²) in [5, 5.41) is 9.27. The maximum atomic E-state index is 9.27. The molecule has 2 nitrogen and oxygen atoms in total. The van der Waals surface area contributed by atoms with Crippen molar-refractivity contribution in [2.75, 3.05) is 6.61 Å². The van der Waals surface area contributed by atoms with Gasteiger partial charge in [-0.25, -0.2) is 0 Å².